The van der Waals surface area contributed by atoms with Crippen LogP contribution in [0.1, 0.15) is 0 Å². The van der Waals surface area contributed by atoms with Gasteiger partial charge < -0.3 is 5.32 Å². The summed E-state index contributed by atoms with van der Waals surface area (Å²) < 4.78 is 3.29. The van der Waals surface area contributed by atoms with Gasteiger partial charge in [0.15, 0.2) is 0 Å². The van der Waals surface area contributed by atoms with Crippen molar-refractivity contribution in [3.8, 4) is 15.6 Å². The van der Waals surface area contributed by atoms with Gasteiger partial charge in [0.05, 0.1) is 15.9 Å². The summed E-state index contributed by atoms with van der Waals surface area (Å²) in [5.41, 5.74) is 1.89. The molecule has 0 atom stereocenters. The van der Waals surface area contributed by atoms with Gasteiger partial charge in [0, 0.05) is 5.56 Å². The van der Waals surface area contributed by atoms with Crippen molar-refractivity contribution in [3.63, 3.8) is 0 Å². The van der Waals surface area contributed by atoms with Crippen molar-refractivity contribution in [1.29, 1.82) is 0 Å². The molecule has 1 N–H and O–H groups in total. The normalized spacial score (nSPS) is 11.1. The van der Waals surface area contributed by atoms with Gasteiger partial charge in [-0.1, -0.05) is 24.3 Å². The molecule has 1 amide bonds. The van der Waals surface area contributed by atoms with Crippen LogP contribution in [0.4, 0.5) is 5.69 Å². The number of nitrogens with zero attached hydrogens (tertiary/aromatic N) is 5. The van der Waals surface area contributed by atoms with Crippen molar-refractivity contribution < 1.29 is 4.79 Å². The number of fused-ring (bicyclic) bond motifs is 1. The van der Waals surface area contributed by atoms with Gasteiger partial charge in [0.25, 0.3) is 0 Å². The number of hydrogen-bond acceptors (Lipinski definition) is 7. The summed E-state index contributed by atoms with van der Waals surface area (Å²) in [7, 11) is 0. The Morgan fingerprint density at radius 3 is 2.67 bits per heavy atom. The van der Waals surface area contributed by atoms with Gasteiger partial charge in [-0.05, 0) is 52.2 Å². The molecule has 3 heterocycles. The van der Waals surface area contributed by atoms with E-state index in [1.807, 2.05) is 60.0 Å². The van der Waals surface area contributed by atoms with E-state index in [0.29, 0.717) is 10.7 Å². The fourth-order valence-corrected chi connectivity index (χ4v) is 4.67. The SMILES string of the molecule is O=C(Cn1nnn(-c2cccs2)c1=O)Nc1ccccc1-c1nc2ccccc2s1. The first-order chi connectivity index (χ1) is 14.7. The van der Waals surface area contributed by atoms with Crippen LogP contribution >= 0.6 is 22.7 Å². The molecule has 0 spiro atoms. The van der Waals surface area contributed by atoms with E-state index in [2.05, 4.69) is 20.7 Å². The number of anilines is 1. The first-order valence-electron chi connectivity index (χ1n) is 9.00. The van der Waals surface area contributed by atoms with E-state index >= 15 is 0 Å². The summed E-state index contributed by atoms with van der Waals surface area (Å²) in [6.45, 7) is -0.238. The molecule has 0 saturated heterocycles. The fourth-order valence-electron chi connectivity index (χ4n) is 2.99. The van der Waals surface area contributed by atoms with Crippen LogP contribution in [-0.4, -0.2) is 30.7 Å². The molecular formula is C20H14N6O2S2. The third-order valence-corrected chi connectivity index (χ3v) is 6.29. The van der Waals surface area contributed by atoms with Crippen LogP contribution in [0.3, 0.4) is 0 Å². The van der Waals surface area contributed by atoms with E-state index in [1.54, 1.807) is 17.4 Å². The number of benzene rings is 2. The van der Waals surface area contributed by atoms with Crippen molar-refractivity contribution >= 4 is 44.5 Å². The highest BCUT2D eigenvalue weighted by molar-refractivity contribution is 7.21. The zero-order chi connectivity index (χ0) is 20.5. The number of hydrogen-bond donors (Lipinski definition) is 1. The summed E-state index contributed by atoms with van der Waals surface area (Å²) >= 11 is 2.92. The molecule has 10 heteroatoms. The van der Waals surface area contributed by atoms with Crippen LogP contribution in [-0.2, 0) is 11.3 Å². The number of para-hydroxylation sites is 2. The molecule has 0 aliphatic heterocycles. The second kappa shape index (κ2) is 7.65. The maximum Gasteiger partial charge on any atom is 0.369 e. The minimum Gasteiger partial charge on any atom is -0.324 e. The topological polar surface area (TPSA) is 94.7 Å². The minimum atomic E-state index is -0.466. The van der Waals surface area contributed by atoms with Gasteiger partial charge in [-0.15, -0.1) is 22.7 Å². The van der Waals surface area contributed by atoms with Crippen molar-refractivity contribution in [1.82, 2.24) is 24.8 Å². The number of tetrazole rings is 1. The summed E-state index contributed by atoms with van der Waals surface area (Å²) in [6.07, 6.45) is 0. The lowest BCUT2D eigenvalue weighted by molar-refractivity contribution is -0.117. The highest BCUT2D eigenvalue weighted by Crippen LogP contribution is 2.34. The van der Waals surface area contributed by atoms with Crippen LogP contribution in [0.15, 0.2) is 70.8 Å². The second-order valence-electron chi connectivity index (χ2n) is 6.36. The molecule has 148 valence electrons. The number of amides is 1. The van der Waals surface area contributed by atoms with Crippen LogP contribution in [0.5, 0.6) is 0 Å². The molecule has 2 aromatic carbocycles. The Morgan fingerprint density at radius 1 is 1.00 bits per heavy atom. The predicted molar refractivity (Wildman–Crippen MR) is 117 cm³/mol. The summed E-state index contributed by atoms with van der Waals surface area (Å²) in [4.78, 5) is 29.8. The largest absolute Gasteiger partial charge is 0.369 e. The summed E-state index contributed by atoms with van der Waals surface area (Å²) in [6, 6.07) is 18.9. The van der Waals surface area contributed by atoms with Crippen LogP contribution in [0.25, 0.3) is 25.8 Å². The average Bonchev–Trinajstić information content (AvgIpc) is 3.49. The Kier molecular flexibility index (Phi) is 4.69. The van der Waals surface area contributed by atoms with Crippen molar-refractivity contribution in [2.45, 2.75) is 6.54 Å². The summed E-state index contributed by atoms with van der Waals surface area (Å²) in [5, 5.41) is 13.8. The van der Waals surface area contributed by atoms with Crippen molar-refractivity contribution in [2.24, 2.45) is 0 Å². The minimum absolute atomic E-state index is 0.238. The van der Waals surface area contributed by atoms with Crippen molar-refractivity contribution in [3.05, 3.63) is 76.5 Å². The number of carbonyl (C=O) groups is 1. The molecule has 0 aliphatic rings. The van der Waals surface area contributed by atoms with E-state index in [-0.39, 0.29) is 12.5 Å². The third-order valence-electron chi connectivity index (χ3n) is 4.37. The molecule has 3 aromatic heterocycles. The Bertz CT molecular complexity index is 1370. The standard InChI is InChI=1S/C20H14N6O2S2/c27-17(12-25-20(28)26(24-23-25)18-10-5-11-29-18)21-14-7-2-1-6-13(14)19-22-15-8-3-4-9-16(15)30-19/h1-11H,12H2,(H,21,27). The monoisotopic (exact) mass is 434 g/mol. The Morgan fingerprint density at radius 2 is 1.83 bits per heavy atom. The number of aromatic nitrogens is 5. The van der Waals surface area contributed by atoms with E-state index < -0.39 is 5.69 Å². The van der Waals surface area contributed by atoms with E-state index in [9.17, 15) is 9.59 Å². The molecule has 0 bridgehead atoms. The zero-order valence-electron chi connectivity index (χ0n) is 15.4. The lowest BCUT2D eigenvalue weighted by atomic mass is 10.2. The Hall–Kier alpha value is -3.63. The van der Waals surface area contributed by atoms with Gasteiger partial charge in [0.2, 0.25) is 5.91 Å². The molecule has 0 radical (unpaired) electrons. The quantitative estimate of drug-likeness (QED) is 0.457. The highest BCUT2D eigenvalue weighted by Gasteiger charge is 2.15. The number of rotatable bonds is 5. The highest BCUT2D eigenvalue weighted by atomic mass is 32.1. The van der Waals surface area contributed by atoms with Gasteiger partial charge in [-0.3, -0.25) is 4.79 Å². The number of thiophene rings is 1. The molecule has 0 unspecified atom stereocenters. The van der Waals surface area contributed by atoms with E-state index in [1.165, 1.54) is 16.0 Å². The van der Waals surface area contributed by atoms with Gasteiger partial charge >= 0.3 is 5.69 Å². The molecule has 5 rings (SSSR count). The van der Waals surface area contributed by atoms with Gasteiger partial charge in [0.1, 0.15) is 16.6 Å². The van der Waals surface area contributed by atoms with E-state index in [0.717, 1.165) is 25.5 Å². The number of thiazole rings is 1. The van der Waals surface area contributed by atoms with Crippen molar-refractivity contribution in [2.75, 3.05) is 5.32 Å². The van der Waals surface area contributed by atoms with E-state index in [4.69, 9.17) is 0 Å². The number of nitrogens with one attached hydrogen (secondary N) is 1. The molecule has 30 heavy (non-hydrogen) atoms. The molecule has 0 fully saturated rings. The zero-order valence-corrected chi connectivity index (χ0v) is 17.1. The molecule has 0 saturated carbocycles. The molecule has 8 nitrogen and oxygen atoms in total. The first-order valence-corrected chi connectivity index (χ1v) is 10.7. The smallest absolute Gasteiger partial charge is 0.324 e. The lowest BCUT2D eigenvalue weighted by Gasteiger charge is -2.08. The maximum absolute atomic E-state index is 12.6. The van der Waals surface area contributed by atoms with Gasteiger partial charge in [-0.2, -0.15) is 9.36 Å². The summed E-state index contributed by atoms with van der Waals surface area (Å²) in [5.74, 6) is -0.371. The number of carbonyl (C=O) groups excluding carboxylic acids is 1. The second-order valence-corrected chi connectivity index (χ2v) is 8.32. The third kappa shape index (κ3) is 3.42. The molecule has 5 aromatic rings. The molecular weight excluding hydrogens is 420 g/mol. The molecule has 0 aliphatic carbocycles. The van der Waals surface area contributed by atoms with Crippen LogP contribution < -0.4 is 11.0 Å². The first kappa shape index (κ1) is 18.4. The maximum atomic E-state index is 12.6. The lowest BCUT2D eigenvalue weighted by Crippen LogP contribution is -2.29. The van der Waals surface area contributed by atoms with Crippen LogP contribution in [0, 0.1) is 0 Å². The average molecular weight is 435 g/mol. The predicted octanol–water partition coefficient (Wildman–Crippen LogP) is 3.41. The van der Waals surface area contributed by atoms with Gasteiger partial charge in [-0.25, -0.2) is 9.78 Å². The van der Waals surface area contributed by atoms with Crippen LogP contribution in [0.2, 0.25) is 0 Å². The Balaban J connectivity index is 1.39. The Labute approximate surface area is 178 Å². The fraction of sp³-hybridized carbons (Fsp3) is 0.0500.